The van der Waals surface area contributed by atoms with E-state index in [4.69, 9.17) is 4.74 Å². The second-order valence-electron chi connectivity index (χ2n) is 2.43. The number of nitrogens with one attached hydrogen (secondary N) is 1. The lowest BCUT2D eigenvalue weighted by Crippen LogP contribution is -2.28. The third-order valence-corrected chi connectivity index (χ3v) is 1.18. The van der Waals surface area contributed by atoms with Crippen molar-refractivity contribution in [1.29, 1.82) is 0 Å². The minimum absolute atomic E-state index is 0.0356. The number of Topliss-reactive ketones (excluding diaryl/α,β-unsaturated/α-hetero) is 1. The van der Waals surface area contributed by atoms with Crippen LogP contribution in [0.1, 0.15) is 20.3 Å². The molecule has 0 heterocycles. The van der Waals surface area contributed by atoms with Crippen molar-refractivity contribution in [2.45, 2.75) is 20.3 Å². The largest absolute Gasteiger partial charge is 0.380 e. The Bertz CT molecular complexity index is 156. The molecule has 0 bridgehead atoms. The second-order valence-corrected chi connectivity index (χ2v) is 2.43. The SMILES string of the molecule is CCOCCNC(=O)CC(C)=O. The Morgan fingerprint density at radius 1 is 1.42 bits per heavy atom. The molecule has 0 aliphatic heterocycles. The third-order valence-electron chi connectivity index (χ3n) is 1.18. The lowest BCUT2D eigenvalue weighted by atomic mass is 10.3. The molecule has 0 unspecified atom stereocenters. The summed E-state index contributed by atoms with van der Waals surface area (Å²) in [6.07, 6.45) is -0.0356. The summed E-state index contributed by atoms with van der Waals surface area (Å²) >= 11 is 0. The number of hydrogen-bond acceptors (Lipinski definition) is 3. The average Bonchev–Trinajstić information content (AvgIpc) is 1.97. The van der Waals surface area contributed by atoms with Gasteiger partial charge in [0.2, 0.25) is 5.91 Å². The van der Waals surface area contributed by atoms with E-state index < -0.39 is 0 Å². The van der Waals surface area contributed by atoms with Crippen LogP contribution in [-0.4, -0.2) is 31.4 Å². The van der Waals surface area contributed by atoms with E-state index in [1.54, 1.807) is 0 Å². The molecular weight excluding hydrogens is 158 g/mol. The quantitative estimate of drug-likeness (QED) is 0.458. The van der Waals surface area contributed by atoms with Gasteiger partial charge in [0, 0.05) is 13.2 Å². The standard InChI is InChI=1S/C8H15NO3/c1-3-12-5-4-9-8(11)6-7(2)10/h3-6H2,1-2H3,(H,9,11). The van der Waals surface area contributed by atoms with Gasteiger partial charge < -0.3 is 10.1 Å². The number of rotatable bonds is 6. The van der Waals surface area contributed by atoms with Crippen LogP contribution in [-0.2, 0) is 14.3 Å². The van der Waals surface area contributed by atoms with Crippen molar-refractivity contribution in [2.75, 3.05) is 19.8 Å². The van der Waals surface area contributed by atoms with Crippen molar-refractivity contribution in [3.8, 4) is 0 Å². The highest BCUT2D eigenvalue weighted by atomic mass is 16.5. The first-order chi connectivity index (χ1) is 5.66. The summed E-state index contributed by atoms with van der Waals surface area (Å²) in [5.74, 6) is -0.355. The topological polar surface area (TPSA) is 55.4 Å². The zero-order chi connectivity index (χ0) is 9.40. The first-order valence-corrected chi connectivity index (χ1v) is 4.00. The van der Waals surface area contributed by atoms with Gasteiger partial charge in [-0.1, -0.05) is 0 Å². The molecule has 4 heteroatoms. The molecule has 0 aromatic carbocycles. The second kappa shape index (κ2) is 6.79. The Morgan fingerprint density at radius 2 is 2.08 bits per heavy atom. The molecule has 4 nitrogen and oxygen atoms in total. The maximum Gasteiger partial charge on any atom is 0.227 e. The molecule has 0 spiro atoms. The first kappa shape index (κ1) is 11.1. The zero-order valence-electron chi connectivity index (χ0n) is 7.55. The van der Waals surface area contributed by atoms with Crippen LogP contribution in [0.3, 0.4) is 0 Å². The fourth-order valence-corrected chi connectivity index (χ4v) is 0.696. The van der Waals surface area contributed by atoms with Gasteiger partial charge in [-0.3, -0.25) is 9.59 Å². The fraction of sp³-hybridized carbons (Fsp3) is 0.750. The molecule has 1 N–H and O–H groups in total. The lowest BCUT2D eigenvalue weighted by molar-refractivity contribution is -0.127. The molecule has 0 saturated heterocycles. The molecule has 0 atom stereocenters. The van der Waals surface area contributed by atoms with Gasteiger partial charge in [-0.25, -0.2) is 0 Å². The van der Waals surface area contributed by atoms with E-state index in [9.17, 15) is 9.59 Å². The number of ketones is 1. The molecule has 0 fully saturated rings. The summed E-state index contributed by atoms with van der Waals surface area (Å²) in [5.41, 5.74) is 0. The van der Waals surface area contributed by atoms with E-state index in [0.717, 1.165) is 0 Å². The molecule has 0 aromatic heterocycles. The molecule has 12 heavy (non-hydrogen) atoms. The molecule has 1 amide bonds. The Hall–Kier alpha value is -0.900. The minimum Gasteiger partial charge on any atom is -0.380 e. The van der Waals surface area contributed by atoms with Crippen LogP contribution < -0.4 is 5.32 Å². The van der Waals surface area contributed by atoms with Crippen molar-refractivity contribution in [1.82, 2.24) is 5.32 Å². The van der Waals surface area contributed by atoms with Crippen molar-refractivity contribution in [3.63, 3.8) is 0 Å². The summed E-state index contributed by atoms with van der Waals surface area (Å²) in [7, 11) is 0. The summed E-state index contributed by atoms with van der Waals surface area (Å²) in [4.78, 5) is 21.3. The summed E-state index contributed by atoms with van der Waals surface area (Å²) in [6.45, 7) is 4.89. The van der Waals surface area contributed by atoms with Gasteiger partial charge in [-0.2, -0.15) is 0 Å². The number of hydrogen-bond donors (Lipinski definition) is 1. The van der Waals surface area contributed by atoms with Gasteiger partial charge in [0.15, 0.2) is 0 Å². The monoisotopic (exact) mass is 173 g/mol. The van der Waals surface area contributed by atoms with E-state index in [-0.39, 0.29) is 18.1 Å². The maximum atomic E-state index is 10.8. The highest BCUT2D eigenvalue weighted by molar-refractivity contribution is 5.96. The van der Waals surface area contributed by atoms with Crippen LogP contribution in [0.2, 0.25) is 0 Å². The molecule has 0 saturated carbocycles. The predicted octanol–water partition coefficient (Wildman–Crippen LogP) is 0.118. The summed E-state index contributed by atoms with van der Waals surface area (Å²) in [6, 6.07) is 0. The molecule has 0 aliphatic carbocycles. The third kappa shape index (κ3) is 7.21. The highest BCUT2D eigenvalue weighted by Crippen LogP contribution is 1.81. The van der Waals surface area contributed by atoms with Crippen LogP contribution in [0.25, 0.3) is 0 Å². The van der Waals surface area contributed by atoms with E-state index in [1.165, 1.54) is 6.92 Å². The Balaban J connectivity index is 3.26. The number of ether oxygens (including phenoxy) is 1. The zero-order valence-corrected chi connectivity index (χ0v) is 7.55. The maximum absolute atomic E-state index is 10.8. The van der Waals surface area contributed by atoms with Gasteiger partial charge in [0.25, 0.3) is 0 Å². The van der Waals surface area contributed by atoms with Gasteiger partial charge in [-0.05, 0) is 13.8 Å². The van der Waals surface area contributed by atoms with Crippen LogP contribution in [0.4, 0.5) is 0 Å². The van der Waals surface area contributed by atoms with Crippen LogP contribution in [0.15, 0.2) is 0 Å². The molecule has 70 valence electrons. The summed E-state index contributed by atoms with van der Waals surface area (Å²) in [5, 5.41) is 2.56. The van der Waals surface area contributed by atoms with Crippen LogP contribution in [0.5, 0.6) is 0 Å². The van der Waals surface area contributed by atoms with Crippen molar-refractivity contribution in [2.24, 2.45) is 0 Å². The van der Waals surface area contributed by atoms with Gasteiger partial charge in [-0.15, -0.1) is 0 Å². The van der Waals surface area contributed by atoms with Crippen molar-refractivity contribution in [3.05, 3.63) is 0 Å². The predicted molar refractivity (Wildman–Crippen MR) is 44.8 cm³/mol. The Kier molecular flexibility index (Phi) is 6.28. The first-order valence-electron chi connectivity index (χ1n) is 4.00. The Morgan fingerprint density at radius 3 is 2.58 bits per heavy atom. The Labute approximate surface area is 72.3 Å². The number of carbonyl (C=O) groups is 2. The van der Waals surface area contributed by atoms with Crippen LogP contribution in [0, 0.1) is 0 Å². The minimum atomic E-state index is -0.234. The lowest BCUT2D eigenvalue weighted by Gasteiger charge is -2.02. The molecule has 0 aromatic rings. The van der Waals surface area contributed by atoms with E-state index >= 15 is 0 Å². The van der Waals surface area contributed by atoms with E-state index in [0.29, 0.717) is 19.8 Å². The van der Waals surface area contributed by atoms with E-state index in [1.807, 2.05) is 6.92 Å². The fourth-order valence-electron chi connectivity index (χ4n) is 0.696. The smallest absolute Gasteiger partial charge is 0.227 e. The van der Waals surface area contributed by atoms with Gasteiger partial charge in [0.1, 0.15) is 5.78 Å². The molecule has 0 aliphatic rings. The number of amides is 1. The molecule has 0 radical (unpaired) electrons. The normalized spacial score (nSPS) is 9.50. The average molecular weight is 173 g/mol. The van der Waals surface area contributed by atoms with Crippen molar-refractivity contribution < 1.29 is 14.3 Å². The number of carbonyl (C=O) groups excluding carboxylic acids is 2. The van der Waals surface area contributed by atoms with Crippen molar-refractivity contribution >= 4 is 11.7 Å². The van der Waals surface area contributed by atoms with Crippen LogP contribution >= 0.6 is 0 Å². The highest BCUT2D eigenvalue weighted by Gasteiger charge is 2.02. The molecule has 0 rings (SSSR count). The molecular formula is C8H15NO3. The van der Waals surface area contributed by atoms with E-state index in [2.05, 4.69) is 5.32 Å². The summed E-state index contributed by atoms with van der Waals surface area (Å²) < 4.78 is 4.99. The van der Waals surface area contributed by atoms with Gasteiger partial charge in [0.05, 0.1) is 13.0 Å². The van der Waals surface area contributed by atoms with Gasteiger partial charge >= 0.3 is 0 Å².